The van der Waals surface area contributed by atoms with Crippen molar-refractivity contribution >= 4 is 16.4 Å². The number of rotatable bonds is 8. The van der Waals surface area contributed by atoms with E-state index in [-0.39, 0.29) is 5.82 Å². The lowest BCUT2D eigenvalue weighted by Crippen LogP contribution is -2.38. The maximum Gasteiger partial charge on any atom is 0.310 e. The van der Waals surface area contributed by atoms with Crippen LogP contribution < -0.4 is 0 Å². The minimum Gasteiger partial charge on any atom is -0.392 e. The molecule has 0 fully saturated rings. The largest absolute Gasteiger partial charge is 0.392 e. The van der Waals surface area contributed by atoms with Gasteiger partial charge in [-0.05, 0) is 79.6 Å². The fourth-order valence-electron chi connectivity index (χ4n) is 4.15. The first-order chi connectivity index (χ1) is 14.9. The fraction of sp³-hybridized carbons (Fsp3) is 0.458. The molecular formula is C24H33F6NOS. The van der Waals surface area contributed by atoms with Gasteiger partial charge in [0.05, 0.1) is 6.10 Å². The Morgan fingerprint density at radius 3 is 1.79 bits per heavy atom. The van der Waals surface area contributed by atoms with E-state index in [0.717, 1.165) is 35.2 Å². The maximum absolute atomic E-state index is 12.8. The topological polar surface area (TPSA) is 44.1 Å². The number of hydrogen-bond acceptors (Lipinski definition) is 2. The molecule has 0 aliphatic rings. The molecule has 33 heavy (non-hydrogen) atoms. The van der Waals surface area contributed by atoms with E-state index in [9.17, 15) is 28.9 Å². The van der Waals surface area contributed by atoms with Gasteiger partial charge in [-0.2, -0.15) is 0 Å². The molecular weight excluding hydrogens is 464 g/mol. The lowest BCUT2D eigenvalue weighted by molar-refractivity contribution is 0.0662. The fourth-order valence-corrected chi connectivity index (χ4v) is 4.80. The Labute approximate surface area is 192 Å². The second kappa shape index (κ2) is 9.70. The van der Waals surface area contributed by atoms with Crippen LogP contribution in [0.5, 0.6) is 0 Å². The second-order valence-corrected chi connectivity index (χ2v) is 10.7. The van der Waals surface area contributed by atoms with Crippen molar-refractivity contribution in [1.82, 2.24) is 0 Å². The molecule has 2 atom stereocenters. The Morgan fingerprint density at radius 2 is 1.45 bits per heavy atom. The summed E-state index contributed by atoms with van der Waals surface area (Å²) in [5.41, 5.74) is 2.21. The SMILES string of the molecule is CCCC(CC)(c1ccc(S(F)(F)(F)(F)F)cc1)C(O)CC.Cc1cc(F)cc(C)c1C=N. The number of benzene rings is 2. The molecule has 0 aliphatic carbocycles. The summed E-state index contributed by atoms with van der Waals surface area (Å²) < 4.78 is 76.6. The van der Waals surface area contributed by atoms with Crippen LogP contribution in [0, 0.1) is 25.1 Å². The summed E-state index contributed by atoms with van der Waals surface area (Å²) in [4.78, 5) is -1.89. The molecule has 0 aromatic heterocycles. The van der Waals surface area contributed by atoms with Gasteiger partial charge in [-0.1, -0.05) is 58.8 Å². The van der Waals surface area contributed by atoms with Crippen molar-refractivity contribution in [3.8, 4) is 0 Å². The van der Waals surface area contributed by atoms with Crippen LogP contribution in [0.15, 0.2) is 41.3 Å². The van der Waals surface area contributed by atoms with Crippen LogP contribution >= 0.6 is 10.2 Å². The van der Waals surface area contributed by atoms with Gasteiger partial charge in [0.1, 0.15) is 10.7 Å². The summed E-state index contributed by atoms with van der Waals surface area (Å²) in [6.07, 6.45) is 2.79. The third-order valence-corrected chi connectivity index (χ3v) is 7.09. The van der Waals surface area contributed by atoms with E-state index >= 15 is 0 Å². The molecule has 2 unspecified atom stereocenters. The Kier molecular flexibility index (Phi) is 8.53. The van der Waals surface area contributed by atoms with E-state index in [1.54, 1.807) is 20.8 Å². The van der Waals surface area contributed by atoms with Gasteiger partial charge < -0.3 is 10.5 Å². The van der Waals surface area contributed by atoms with E-state index in [2.05, 4.69) is 0 Å². The lowest BCUT2D eigenvalue weighted by Gasteiger charge is -2.41. The number of halogens is 6. The molecule has 0 bridgehead atoms. The molecule has 0 heterocycles. The van der Waals surface area contributed by atoms with Gasteiger partial charge in [0, 0.05) is 11.6 Å². The van der Waals surface area contributed by atoms with Gasteiger partial charge in [-0.15, -0.1) is 0 Å². The van der Waals surface area contributed by atoms with Crippen molar-refractivity contribution in [3.63, 3.8) is 0 Å². The maximum atomic E-state index is 12.8. The summed E-state index contributed by atoms with van der Waals surface area (Å²) in [7, 11) is -9.65. The summed E-state index contributed by atoms with van der Waals surface area (Å²) in [5, 5.41) is 17.4. The Hall–Kier alpha value is -2.00. The van der Waals surface area contributed by atoms with Gasteiger partial charge in [-0.3, -0.25) is 0 Å². The minimum absolute atomic E-state index is 0.231. The van der Waals surface area contributed by atoms with E-state index in [1.165, 1.54) is 18.3 Å². The van der Waals surface area contributed by atoms with Crippen LogP contribution in [-0.2, 0) is 5.41 Å². The van der Waals surface area contributed by atoms with Crippen LogP contribution in [0.25, 0.3) is 0 Å². The smallest absolute Gasteiger partial charge is 0.310 e. The van der Waals surface area contributed by atoms with Crippen LogP contribution in [0.3, 0.4) is 0 Å². The normalized spacial score (nSPS) is 16.5. The number of nitrogens with one attached hydrogen (secondary N) is 1. The molecule has 188 valence electrons. The van der Waals surface area contributed by atoms with Crippen LogP contribution in [0.2, 0.25) is 0 Å². The molecule has 0 aliphatic heterocycles. The highest BCUT2D eigenvalue weighted by molar-refractivity contribution is 8.45. The standard InChI is InChI=1S/C15H23F5OS.C9H10FN/c1-4-11-15(6-3,14(21)5-2)12-7-9-13(10-8-12)22(16,17,18,19)20;1-6-3-8(10)4-7(2)9(6)5-11/h7-10,14,21H,4-6,11H2,1-3H3;3-5,11H,1-2H3. The highest BCUT2D eigenvalue weighted by Gasteiger charge is 2.65. The average Bonchev–Trinajstić information content (AvgIpc) is 2.70. The van der Waals surface area contributed by atoms with Crippen molar-refractivity contribution in [1.29, 1.82) is 5.41 Å². The monoisotopic (exact) mass is 497 g/mol. The van der Waals surface area contributed by atoms with E-state index < -0.39 is 26.6 Å². The summed E-state index contributed by atoms with van der Waals surface area (Å²) in [6.45, 7) is 9.14. The minimum atomic E-state index is -9.65. The average molecular weight is 498 g/mol. The van der Waals surface area contributed by atoms with Gasteiger partial charge >= 0.3 is 10.2 Å². The molecule has 0 spiro atoms. The Balaban J connectivity index is 0.000000412. The zero-order chi connectivity index (χ0) is 25.7. The molecule has 2 aromatic rings. The summed E-state index contributed by atoms with van der Waals surface area (Å²) in [5.74, 6) is -0.231. The molecule has 9 heteroatoms. The van der Waals surface area contributed by atoms with Crippen molar-refractivity contribution in [3.05, 3.63) is 64.5 Å². The molecule has 2 nitrogen and oxygen atoms in total. The summed E-state index contributed by atoms with van der Waals surface area (Å²) >= 11 is 0. The molecule has 2 rings (SSSR count). The number of aliphatic hydroxyl groups is 1. The van der Waals surface area contributed by atoms with Gasteiger partial charge in [-0.25, -0.2) is 4.39 Å². The van der Waals surface area contributed by atoms with Gasteiger partial charge in [0.2, 0.25) is 0 Å². The zero-order valence-electron chi connectivity index (χ0n) is 19.6. The molecule has 2 N–H and O–H groups in total. The summed E-state index contributed by atoms with van der Waals surface area (Å²) in [6, 6.07) is 5.88. The number of aliphatic hydroxyl groups excluding tert-OH is 1. The van der Waals surface area contributed by atoms with Crippen LogP contribution in [0.4, 0.5) is 23.8 Å². The van der Waals surface area contributed by atoms with E-state index in [4.69, 9.17) is 5.41 Å². The highest BCUT2D eigenvalue weighted by Crippen LogP contribution is 3.02. The van der Waals surface area contributed by atoms with Crippen LogP contribution in [0.1, 0.15) is 68.7 Å². The van der Waals surface area contributed by atoms with Crippen LogP contribution in [-0.4, -0.2) is 17.4 Å². The molecule has 2 aromatic carbocycles. The lowest BCUT2D eigenvalue weighted by atomic mass is 9.69. The van der Waals surface area contributed by atoms with Crippen molar-refractivity contribution in [2.45, 2.75) is 76.7 Å². The predicted octanol–water partition coefficient (Wildman–Crippen LogP) is 9.00. The Morgan fingerprint density at radius 1 is 0.970 bits per heavy atom. The highest BCUT2D eigenvalue weighted by atomic mass is 32.5. The molecule has 0 radical (unpaired) electrons. The van der Waals surface area contributed by atoms with E-state index in [1.807, 2.05) is 13.8 Å². The van der Waals surface area contributed by atoms with Gasteiger partial charge in [0.25, 0.3) is 0 Å². The Bertz CT molecular complexity index is 937. The molecule has 0 saturated carbocycles. The molecule has 0 amide bonds. The quantitative estimate of drug-likeness (QED) is 0.277. The second-order valence-electron chi connectivity index (χ2n) is 8.27. The van der Waals surface area contributed by atoms with Crippen molar-refractivity contribution in [2.24, 2.45) is 0 Å². The van der Waals surface area contributed by atoms with E-state index in [0.29, 0.717) is 37.0 Å². The first-order valence-electron chi connectivity index (χ1n) is 10.8. The first-order valence-corrected chi connectivity index (χ1v) is 12.7. The number of aryl methyl sites for hydroxylation is 2. The molecule has 0 saturated heterocycles. The third kappa shape index (κ3) is 7.24. The van der Waals surface area contributed by atoms with Crippen molar-refractivity contribution in [2.75, 3.05) is 0 Å². The predicted molar refractivity (Wildman–Crippen MR) is 125 cm³/mol. The number of hydrogen-bond donors (Lipinski definition) is 2. The van der Waals surface area contributed by atoms with Gasteiger partial charge in [0.15, 0.2) is 0 Å². The zero-order valence-corrected chi connectivity index (χ0v) is 20.4. The third-order valence-electron chi connectivity index (χ3n) is 5.93. The van der Waals surface area contributed by atoms with Crippen molar-refractivity contribution < 1.29 is 28.9 Å². The first kappa shape index (κ1) is 29.0.